The van der Waals surface area contributed by atoms with Gasteiger partial charge >= 0.3 is 0 Å². The maximum atomic E-state index is 2.36. The molecule has 0 amide bonds. The Morgan fingerprint density at radius 1 is 0.778 bits per heavy atom. The highest BCUT2D eigenvalue weighted by Crippen LogP contribution is 2.45. The van der Waals surface area contributed by atoms with Gasteiger partial charge < -0.3 is 0 Å². The minimum Gasteiger partial charge on any atom is -0.0590 e. The molecule has 1 aliphatic rings. The summed E-state index contributed by atoms with van der Waals surface area (Å²) < 4.78 is 0. The third-order valence-corrected chi connectivity index (χ3v) is 3.91. The van der Waals surface area contributed by atoms with E-state index in [9.17, 15) is 0 Å². The van der Waals surface area contributed by atoms with Gasteiger partial charge in [-0.1, -0.05) is 47.5 Å². The molecule has 1 aliphatic carbocycles. The zero-order valence-electron chi connectivity index (χ0n) is 11.5. The van der Waals surface area contributed by atoms with Crippen LogP contribution in [-0.2, 0) is 0 Å². The van der Waals surface area contributed by atoms with E-state index >= 15 is 0 Å². The number of aryl methyl sites for hydroxylation is 3. The molecule has 2 aromatic rings. The molecule has 0 spiro atoms. The van der Waals surface area contributed by atoms with E-state index < -0.39 is 0 Å². The second-order valence-corrected chi connectivity index (χ2v) is 5.68. The van der Waals surface area contributed by atoms with Crippen molar-refractivity contribution in [2.75, 3.05) is 0 Å². The quantitative estimate of drug-likeness (QED) is 0.676. The van der Waals surface area contributed by atoms with Crippen LogP contribution in [0.5, 0.6) is 0 Å². The van der Waals surface area contributed by atoms with Crippen molar-refractivity contribution in [3.05, 3.63) is 58.7 Å². The van der Waals surface area contributed by atoms with Gasteiger partial charge in [-0.25, -0.2) is 0 Å². The molecule has 0 atom stereocenters. The van der Waals surface area contributed by atoms with E-state index in [1.54, 1.807) is 5.56 Å². The summed E-state index contributed by atoms with van der Waals surface area (Å²) in [6, 6.07) is 13.7. The molecule has 0 aliphatic heterocycles. The summed E-state index contributed by atoms with van der Waals surface area (Å²) in [6.07, 6.45) is 2.72. The third kappa shape index (κ3) is 2.08. The summed E-state index contributed by atoms with van der Waals surface area (Å²) >= 11 is 0. The van der Waals surface area contributed by atoms with Crippen LogP contribution in [0, 0.1) is 20.8 Å². The van der Waals surface area contributed by atoms with Crippen molar-refractivity contribution in [3.8, 4) is 11.1 Å². The van der Waals surface area contributed by atoms with E-state index in [0.717, 1.165) is 5.92 Å². The standard InChI is InChI=1S/C18H20/c1-12-4-6-14(3)17(10-12)18-11-13(2)5-9-16(18)15-7-8-15/h4-6,9-11,15H,7-8H2,1-3H3. The lowest BCUT2D eigenvalue weighted by Crippen LogP contribution is -1.92. The molecule has 0 heteroatoms. The first kappa shape index (κ1) is 11.5. The molecule has 0 saturated heterocycles. The van der Waals surface area contributed by atoms with Crippen LogP contribution in [0.2, 0.25) is 0 Å². The first-order chi connectivity index (χ1) is 8.65. The van der Waals surface area contributed by atoms with Crippen LogP contribution in [0.3, 0.4) is 0 Å². The van der Waals surface area contributed by atoms with Gasteiger partial charge in [0.1, 0.15) is 0 Å². The molecule has 0 nitrogen and oxygen atoms in total. The number of rotatable bonds is 2. The molecule has 1 fully saturated rings. The van der Waals surface area contributed by atoms with Gasteiger partial charge in [0.15, 0.2) is 0 Å². The van der Waals surface area contributed by atoms with Gasteiger partial charge in [0.2, 0.25) is 0 Å². The molecular formula is C18H20. The van der Waals surface area contributed by atoms with Crippen molar-refractivity contribution in [2.24, 2.45) is 0 Å². The first-order valence-electron chi connectivity index (χ1n) is 6.83. The Bertz CT molecular complexity index is 589. The zero-order chi connectivity index (χ0) is 12.7. The van der Waals surface area contributed by atoms with E-state index in [1.807, 2.05) is 0 Å². The molecule has 1 saturated carbocycles. The average molecular weight is 236 g/mol. The molecule has 0 bridgehead atoms. The normalized spacial score (nSPS) is 14.8. The fourth-order valence-electron chi connectivity index (χ4n) is 2.68. The maximum absolute atomic E-state index is 2.36. The van der Waals surface area contributed by atoms with Crippen LogP contribution < -0.4 is 0 Å². The van der Waals surface area contributed by atoms with Crippen molar-refractivity contribution in [2.45, 2.75) is 39.5 Å². The lowest BCUT2D eigenvalue weighted by molar-refractivity contribution is 1.13. The van der Waals surface area contributed by atoms with Gasteiger partial charge in [-0.05, 0) is 61.8 Å². The SMILES string of the molecule is Cc1ccc(C)c(-c2cc(C)ccc2C2CC2)c1. The minimum absolute atomic E-state index is 0.806. The Balaban J connectivity index is 2.20. The highest BCUT2D eigenvalue weighted by Gasteiger charge is 2.26. The van der Waals surface area contributed by atoms with E-state index in [-0.39, 0.29) is 0 Å². The van der Waals surface area contributed by atoms with Crippen LogP contribution in [0.25, 0.3) is 11.1 Å². The van der Waals surface area contributed by atoms with E-state index in [1.165, 1.54) is 40.7 Å². The summed E-state index contributed by atoms with van der Waals surface area (Å²) in [5.74, 6) is 0.806. The van der Waals surface area contributed by atoms with E-state index in [0.29, 0.717) is 0 Å². The van der Waals surface area contributed by atoms with Gasteiger partial charge in [0.05, 0.1) is 0 Å². The zero-order valence-corrected chi connectivity index (χ0v) is 11.5. The molecule has 2 aromatic carbocycles. The molecule has 0 aromatic heterocycles. The van der Waals surface area contributed by atoms with Crippen molar-refractivity contribution >= 4 is 0 Å². The van der Waals surface area contributed by atoms with Crippen LogP contribution in [0.15, 0.2) is 36.4 Å². The summed E-state index contributed by atoms with van der Waals surface area (Å²) in [5, 5.41) is 0. The monoisotopic (exact) mass is 236 g/mol. The van der Waals surface area contributed by atoms with Crippen molar-refractivity contribution < 1.29 is 0 Å². The Kier molecular flexibility index (Phi) is 2.74. The maximum Gasteiger partial charge on any atom is -0.0144 e. The van der Waals surface area contributed by atoms with Crippen molar-refractivity contribution in [1.29, 1.82) is 0 Å². The van der Waals surface area contributed by atoms with E-state index in [4.69, 9.17) is 0 Å². The first-order valence-corrected chi connectivity index (χ1v) is 6.83. The second-order valence-electron chi connectivity index (χ2n) is 5.68. The predicted octanol–water partition coefficient (Wildman–Crippen LogP) is 5.16. The van der Waals surface area contributed by atoms with Crippen molar-refractivity contribution in [3.63, 3.8) is 0 Å². The lowest BCUT2D eigenvalue weighted by Gasteiger charge is -2.13. The Morgan fingerprint density at radius 3 is 2.06 bits per heavy atom. The molecule has 0 heterocycles. The van der Waals surface area contributed by atoms with Crippen molar-refractivity contribution in [1.82, 2.24) is 0 Å². The minimum atomic E-state index is 0.806. The topological polar surface area (TPSA) is 0 Å². The molecular weight excluding hydrogens is 216 g/mol. The highest BCUT2D eigenvalue weighted by molar-refractivity contribution is 5.73. The Morgan fingerprint density at radius 2 is 1.39 bits per heavy atom. The predicted molar refractivity (Wildman–Crippen MR) is 78.1 cm³/mol. The highest BCUT2D eigenvalue weighted by atomic mass is 14.3. The fraction of sp³-hybridized carbons (Fsp3) is 0.333. The molecule has 0 unspecified atom stereocenters. The van der Waals surface area contributed by atoms with Gasteiger partial charge in [0, 0.05) is 0 Å². The van der Waals surface area contributed by atoms with Gasteiger partial charge in [0.25, 0.3) is 0 Å². The Hall–Kier alpha value is -1.56. The average Bonchev–Trinajstić information content (AvgIpc) is 3.16. The van der Waals surface area contributed by atoms with E-state index in [2.05, 4.69) is 57.2 Å². The largest absolute Gasteiger partial charge is 0.0590 e. The molecule has 3 rings (SSSR count). The van der Waals surface area contributed by atoms with Gasteiger partial charge in [-0.3, -0.25) is 0 Å². The second kappa shape index (κ2) is 4.28. The number of benzene rings is 2. The number of hydrogen-bond acceptors (Lipinski definition) is 0. The summed E-state index contributed by atoms with van der Waals surface area (Å²) in [7, 11) is 0. The van der Waals surface area contributed by atoms with Gasteiger partial charge in [-0.2, -0.15) is 0 Å². The molecule has 92 valence electrons. The van der Waals surface area contributed by atoms with Crippen LogP contribution >= 0.6 is 0 Å². The third-order valence-electron chi connectivity index (χ3n) is 3.91. The fourth-order valence-corrected chi connectivity index (χ4v) is 2.68. The molecule has 0 radical (unpaired) electrons. The smallest absolute Gasteiger partial charge is 0.0144 e. The summed E-state index contributed by atoms with van der Waals surface area (Å²) in [5.41, 5.74) is 8.51. The van der Waals surface area contributed by atoms with Crippen LogP contribution in [0.1, 0.15) is 41.0 Å². The molecule has 18 heavy (non-hydrogen) atoms. The van der Waals surface area contributed by atoms with Crippen LogP contribution in [0.4, 0.5) is 0 Å². The van der Waals surface area contributed by atoms with Gasteiger partial charge in [-0.15, -0.1) is 0 Å². The lowest BCUT2D eigenvalue weighted by atomic mass is 9.91. The van der Waals surface area contributed by atoms with Crippen LogP contribution in [-0.4, -0.2) is 0 Å². The summed E-state index contributed by atoms with van der Waals surface area (Å²) in [4.78, 5) is 0. The summed E-state index contributed by atoms with van der Waals surface area (Å²) in [6.45, 7) is 6.58. The Labute approximate surface area is 110 Å². The number of hydrogen-bond donors (Lipinski definition) is 0. The molecule has 0 N–H and O–H groups in total.